The van der Waals surface area contributed by atoms with Gasteiger partial charge in [0.05, 0.1) is 15.8 Å². The van der Waals surface area contributed by atoms with E-state index in [9.17, 15) is 0 Å². The molecule has 0 spiro atoms. The lowest BCUT2D eigenvalue weighted by Gasteiger charge is -2.15. The standard InChI is InChI=1S/C21H20BrN5O3.CH4.B/c1-15-10-17(8-9-19(15)30-21-23-11-16(22)12-24-21)25-13-29-26-14-28-20-7-5-4-6-18(20)27(2)3;;/h4-14H,1-3H3;1H4;/b25-13?,26-14+;;. The smallest absolute Gasteiger partial charge is 0.321 e. The average Bonchev–Trinajstić information content (AvgIpc) is 2.74. The number of halogens is 1. The van der Waals surface area contributed by atoms with Crippen molar-refractivity contribution in [3.05, 3.63) is 64.9 Å². The van der Waals surface area contributed by atoms with E-state index in [1.807, 2.05) is 56.3 Å². The zero-order chi connectivity index (χ0) is 21.3. The van der Waals surface area contributed by atoms with Crippen molar-refractivity contribution in [3.8, 4) is 17.5 Å². The number of oxime groups is 1. The molecule has 0 fully saturated rings. The molecule has 0 amide bonds. The van der Waals surface area contributed by atoms with Crippen molar-refractivity contribution < 1.29 is 14.3 Å². The first-order valence-electron chi connectivity index (χ1n) is 8.92. The van der Waals surface area contributed by atoms with E-state index in [1.165, 1.54) is 12.8 Å². The molecule has 0 N–H and O–H groups in total. The van der Waals surface area contributed by atoms with Gasteiger partial charge in [-0.2, -0.15) is 0 Å². The van der Waals surface area contributed by atoms with Crippen LogP contribution in [-0.4, -0.2) is 45.3 Å². The maximum Gasteiger partial charge on any atom is 0.321 e. The highest BCUT2D eigenvalue weighted by Crippen LogP contribution is 2.27. The molecule has 32 heavy (non-hydrogen) atoms. The number of ether oxygens (including phenoxy) is 2. The van der Waals surface area contributed by atoms with Crippen LogP contribution in [0.2, 0.25) is 0 Å². The van der Waals surface area contributed by atoms with Crippen LogP contribution in [0.5, 0.6) is 17.5 Å². The Kier molecular flexibility index (Phi) is 10.9. The minimum Gasteiger partial charge on any atom is -0.440 e. The van der Waals surface area contributed by atoms with Crippen LogP contribution in [-0.2, 0) is 4.84 Å². The summed E-state index contributed by atoms with van der Waals surface area (Å²) in [4.78, 5) is 19.4. The van der Waals surface area contributed by atoms with Crippen LogP contribution in [0.15, 0.2) is 69.5 Å². The first-order valence-corrected chi connectivity index (χ1v) is 9.71. The Morgan fingerprint density at radius 1 is 1.00 bits per heavy atom. The number of para-hydroxylation sites is 2. The third kappa shape index (κ3) is 7.70. The molecule has 0 atom stereocenters. The summed E-state index contributed by atoms with van der Waals surface area (Å²) in [7, 11) is 3.87. The molecule has 3 aromatic rings. The van der Waals surface area contributed by atoms with Gasteiger partial charge < -0.3 is 19.2 Å². The van der Waals surface area contributed by atoms with Gasteiger partial charge in [-0.15, -0.1) is 0 Å². The second-order valence-electron chi connectivity index (χ2n) is 6.27. The van der Waals surface area contributed by atoms with Crippen LogP contribution in [0.3, 0.4) is 0 Å². The second kappa shape index (κ2) is 13.1. The van der Waals surface area contributed by atoms with Crippen molar-refractivity contribution in [1.82, 2.24) is 9.97 Å². The molecule has 10 heteroatoms. The fraction of sp³-hybridized carbons (Fsp3) is 0.182. The highest BCUT2D eigenvalue weighted by Gasteiger charge is 2.05. The van der Waals surface area contributed by atoms with E-state index in [0.717, 1.165) is 15.7 Å². The topological polar surface area (TPSA) is 81.4 Å². The SMILES string of the molecule is C.Cc1cc(N=CO/N=C/Oc2ccccc2N(C)C)ccc1Oc1ncc(Br)cn1.[B]. The Labute approximate surface area is 198 Å². The zero-order valence-corrected chi connectivity index (χ0v) is 18.9. The van der Waals surface area contributed by atoms with Crippen molar-refractivity contribution in [2.24, 2.45) is 10.1 Å². The number of hydrogen-bond acceptors (Lipinski definition) is 8. The molecule has 1 aromatic heterocycles. The molecular formula is C22H24BBrN5O3. The lowest BCUT2D eigenvalue weighted by atomic mass is 10.2. The van der Waals surface area contributed by atoms with E-state index < -0.39 is 0 Å². The average molecular weight is 497 g/mol. The van der Waals surface area contributed by atoms with Crippen molar-refractivity contribution in [3.63, 3.8) is 0 Å². The van der Waals surface area contributed by atoms with Crippen molar-refractivity contribution in [1.29, 1.82) is 0 Å². The molecule has 8 nitrogen and oxygen atoms in total. The van der Waals surface area contributed by atoms with Gasteiger partial charge in [0, 0.05) is 34.9 Å². The van der Waals surface area contributed by atoms with E-state index in [4.69, 9.17) is 14.3 Å². The molecule has 0 saturated heterocycles. The minimum absolute atomic E-state index is 0. The summed E-state index contributed by atoms with van der Waals surface area (Å²) in [6.45, 7) is 1.91. The summed E-state index contributed by atoms with van der Waals surface area (Å²) in [5.41, 5.74) is 2.50. The first kappa shape index (κ1) is 26.6. The number of benzene rings is 2. The summed E-state index contributed by atoms with van der Waals surface area (Å²) in [5.74, 6) is 1.32. The number of aliphatic imine (C=N–C) groups is 1. The predicted molar refractivity (Wildman–Crippen MR) is 133 cm³/mol. The zero-order valence-electron chi connectivity index (χ0n) is 17.3. The van der Waals surface area contributed by atoms with Crippen molar-refractivity contribution >= 4 is 48.5 Å². The number of hydrogen-bond donors (Lipinski definition) is 0. The molecule has 165 valence electrons. The van der Waals surface area contributed by atoms with E-state index in [2.05, 4.69) is 36.0 Å². The van der Waals surface area contributed by atoms with Gasteiger partial charge in [0.2, 0.25) is 12.8 Å². The Hall–Kier alpha value is -3.40. The number of rotatable bonds is 8. The van der Waals surface area contributed by atoms with E-state index >= 15 is 0 Å². The number of aromatic nitrogens is 2. The van der Waals surface area contributed by atoms with Gasteiger partial charge in [0.1, 0.15) is 5.75 Å². The van der Waals surface area contributed by atoms with Gasteiger partial charge in [-0.3, -0.25) is 0 Å². The number of anilines is 1. The highest BCUT2D eigenvalue weighted by atomic mass is 79.9. The summed E-state index contributed by atoms with van der Waals surface area (Å²) >= 11 is 3.29. The molecule has 2 aromatic carbocycles. The molecule has 3 rings (SSSR count). The normalized spacial score (nSPS) is 10.4. The first-order chi connectivity index (χ1) is 14.5. The third-order valence-corrected chi connectivity index (χ3v) is 4.25. The Morgan fingerprint density at radius 2 is 1.72 bits per heavy atom. The molecular weight excluding hydrogens is 473 g/mol. The van der Waals surface area contributed by atoms with Crippen LogP contribution in [0.4, 0.5) is 11.4 Å². The summed E-state index contributed by atoms with van der Waals surface area (Å²) in [5, 5.41) is 3.72. The second-order valence-corrected chi connectivity index (χ2v) is 7.18. The number of aryl methyl sites for hydroxylation is 1. The molecule has 0 saturated carbocycles. The minimum atomic E-state index is 0. The Balaban J connectivity index is 0.00000256. The molecule has 0 unspecified atom stereocenters. The largest absolute Gasteiger partial charge is 0.440 e. The van der Waals surface area contributed by atoms with Gasteiger partial charge in [-0.05, 0) is 63.9 Å². The van der Waals surface area contributed by atoms with Crippen LogP contribution >= 0.6 is 15.9 Å². The van der Waals surface area contributed by atoms with Crippen LogP contribution in [0.25, 0.3) is 0 Å². The lowest BCUT2D eigenvalue weighted by Crippen LogP contribution is -2.10. The molecule has 3 radical (unpaired) electrons. The fourth-order valence-corrected chi connectivity index (χ4v) is 2.63. The highest BCUT2D eigenvalue weighted by molar-refractivity contribution is 9.10. The van der Waals surface area contributed by atoms with Gasteiger partial charge in [-0.25, -0.2) is 15.0 Å². The van der Waals surface area contributed by atoms with Gasteiger partial charge in [0.15, 0.2) is 5.75 Å². The lowest BCUT2D eigenvalue weighted by molar-refractivity contribution is 0.335. The van der Waals surface area contributed by atoms with E-state index in [-0.39, 0.29) is 21.9 Å². The molecule has 0 aliphatic carbocycles. The third-order valence-electron chi connectivity index (χ3n) is 3.84. The van der Waals surface area contributed by atoms with Gasteiger partial charge in [-0.1, -0.05) is 19.6 Å². The van der Waals surface area contributed by atoms with Crippen LogP contribution < -0.4 is 14.4 Å². The van der Waals surface area contributed by atoms with Crippen LogP contribution in [0, 0.1) is 6.92 Å². The van der Waals surface area contributed by atoms with E-state index in [0.29, 0.717) is 17.2 Å². The molecule has 0 aliphatic heterocycles. The van der Waals surface area contributed by atoms with Crippen LogP contribution in [0.1, 0.15) is 13.0 Å². The maximum absolute atomic E-state index is 5.68. The summed E-state index contributed by atoms with van der Waals surface area (Å²) < 4.78 is 12.0. The Bertz CT molecular complexity index is 1050. The number of nitrogens with zero attached hydrogens (tertiary/aromatic N) is 5. The van der Waals surface area contributed by atoms with Gasteiger partial charge in [0.25, 0.3) is 0 Å². The Morgan fingerprint density at radius 3 is 2.41 bits per heavy atom. The maximum atomic E-state index is 5.68. The van der Waals surface area contributed by atoms with Crippen molar-refractivity contribution in [2.45, 2.75) is 14.4 Å². The van der Waals surface area contributed by atoms with Gasteiger partial charge >= 0.3 is 6.01 Å². The quantitative estimate of drug-likeness (QED) is 0.181. The molecule has 1 heterocycles. The predicted octanol–water partition coefficient (Wildman–Crippen LogP) is 5.36. The van der Waals surface area contributed by atoms with Crippen molar-refractivity contribution in [2.75, 3.05) is 19.0 Å². The monoisotopic (exact) mass is 496 g/mol. The van der Waals surface area contributed by atoms with E-state index in [1.54, 1.807) is 24.5 Å². The molecule has 0 aliphatic rings. The molecule has 0 bridgehead atoms. The fourth-order valence-electron chi connectivity index (χ4n) is 2.42. The summed E-state index contributed by atoms with van der Waals surface area (Å²) in [6, 6.07) is 13.3. The summed E-state index contributed by atoms with van der Waals surface area (Å²) in [6.07, 6.45) is 5.69.